The van der Waals surface area contributed by atoms with Crippen molar-refractivity contribution in [3.05, 3.63) is 46.9 Å². The van der Waals surface area contributed by atoms with Crippen molar-refractivity contribution in [1.29, 1.82) is 0 Å². The molecule has 2 aromatic rings. The third-order valence-electron chi connectivity index (χ3n) is 3.85. The first-order valence-corrected chi connectivity index (χ1v) is 10.1. The zero-order chi connectivity index (χ0) is 18.0. The van der Waals surface area contributed by atoms with Gasteiger partial charge in [-0.2, -0.15) is 0 Å². The summed E-state index contributed by atoms with van der Waals surface area (Å²) in [6.07, 6.45) is 0.495. The summed E-state index contributed by atoms with van der Waals surface area (Å²) in [5.41, 5.74) is 1.45. The van der Waals surface area contributed by atoms with Gasteiger partial charge in [0.25, 0.3) is 0 Å². The van der Waals surface area contributed by atoms with Gasteiger partial charge in [-0.3, -0.25) is 0 Å². The molecule has 25 heavy (non-hydrogen) atoms. The maximum atomic E-state index is 12.7. The maximum Gasteiger partial charge on any atom is 0.341 e. The predicted molar refractivity (Wildman–Crippen MR) is 97.4 cm³/mol. The molecule has 0 radical (unpaired) electrons. The van der Waals surface area contributed by atoms with E-state index in [1.165, 1.54) is 6.07 Å². The van der Waals surface area contributed by atoms with Crippen LogP contribution in [0.5, 0.6) is 5.75 Å². The van der Waals surface area contributed by atoms with Crippen LogP contribution in [0.3, 0.4) is 0 Å². The Kier molecular flexibility index (Phi) is 5.01. The Morgan fingerprint density at radius 2 is 1.96 bits per heavy atom. The summed E-state index contributed by atoms with van der Waals surface area (Å²) in [7, 11) is -3.49. The Bertz CT molecular complexity index is 899. The normalized spacial score (nSPS) is 16.0. The Morgan fingerprint density at radius 1 is 1.24 bits per heavy atom. The van der Waals surface area contributed by atoms with Crippen molar-refractivity contribution in [1.82, 2.24) is 0 Å². The lowest BCUT2D eigenvalue weighted by atomic mass is 10.2. The summed E-state index contributed by atoms with van der Waals surface area (Å²) in [5.74, 6) is -0.904. The molecule has 0 saturated heterocycles. The molecule has 0 spiro atoms. The predicted octanol–water partition coefficient (Wildman–Crippen LogP) is 3.23. The van der Waals surface area contributed by atoms with Crippen LogP contribution in [0.1, 0.15) is 6.42 Å². The third kappa shape index (κ3) is 3.80. The number of anilines is 2. The highest BCUT2D eigenvalue weighted by molar-refractivity contribution is 9.10. The molecule has 1 aliphatic rings. The summed E-state index contributed by atoms with van der Waals surface area (Å²) >= 11 is 3.35. The van der Waals surface area contributed by atoms with Crippen LogP contribution in [0.15, 0.2) is 51.8 Å². The molecule has 0 amide bonds. The van der Waals surface area contributed by atoms with Gasteiger partial charge in [-0.1, -0.05) is 18.2 Å². The molecule has 0 saturated carbocycles. The molecule has 1 N–H and O–H groups in total. The van der Waals surface area contributed by atoms with Crippen molar-refractivity contribution in [2.45, 2.75) is 11.3 Å². The fourth-order valence-corrected chi connectivity index (χ4v) is 4.70. The van der Waals surface area contributed by atoms with Crippen molar-refractivity contribution in [3.63, 3.8) is 0 Å². The van der Waals surface area contributed by atoms with E-state index >= 15 is 0 Å². The number of hydrogen-bond acceptors (Lipinski definition) is 5. The van der Waals surface area contributed by atoms with Gasteiger partial charge in [0, 0.05) is 18.3 Å². The molecule has 1 heterocycles. The number of nitrogens with zero attached hydrogens (tertiary/aromatic N) is 1. The Morgan fingerprint density at radius 3 is 2.64 bits per heavy atom. The van der Waals surface area contributed by atoms with E-state index in [-0.39, 0.29) is 16.4 Å². The van der Waals surface area contributed by atoms with Crippen LogP contribution >= 0.6 is 15.9 Å². The number of carboxylic acid groups (broad SMARTS) is 1. The zero-order valence-corrected chi connectivity index (χ0v) is 15.6. The van der Waals surface area contributed by atoms with E-state index in [0.29, 0.717) is 23.1 Å². The number of hydrogen-bond donors (Lipinski definition) is 1. The summed E-state index contributed by atoms with van der Waals surface area (Å²) in [4.78, 5) is 12.8. The number of sulfone groups is 1. The lowest BCUT2D eigenvalue weighted by Gasteiger charge is -2.25. The number of halogens is 1. The van der Waals surface area contributed by atoms with Crippen LogP contribution in [0.4, 0.5) is 11.4 Å². The van der Waals surface area contributed by atoms with E-state index in [0.717, 1.165) is 5.69 Å². The first-order chi connectivity index (χ1) is 11.9. The monoisotopic (exact) mass is 425 g/mol. The highest BCUT2D eigenvalue weighted by atomic mass is 79.9. The molecule has 132 valence electrons. The third-order valence-corrected chi connectivity index (χ3v) is 6.30. The van der Waals surface area contributed by atoms with Crippen molar-refractivity contribution in [3.8, 4) is 5.75 Å². The molecule has 0 unspecified atom stereocenters. The number of aliphatic carboxylic acids is 1. The van der Waals surface area contributed by atoms with Crippen LogP contribution in [-0.2, 0) is 14.6 Å². The number of benzene rings is 2. The zero-order valence-electron chi connectivity index (χ0n) is 13.2. The van der Waals surface area contributed by atoms with E-state index in [4.69, 9.17) is 9.84 Å². The molecule has 2 aromatic carbocycles. The number of fused-ring (bicyclic) bond motifs is 1. The van der Waals surface area contributed by atoms with Gasteiger partial charge in [0.15, 0.2) is 16.4 Å². The van der Waals surface area contributed by atoms with Gasteiger partial charge in [0.1, 0.15) is 5.75 Å². The molecule has 6 nitrogen and oxygen atoms in total. The Balaban J connectivity index is 2.13. The minimum atomic E-state index is -3.49. The molecule has 1 aliphatic heterocycles. The minimum Gasteiger partial charge on any atom is -0.481 e. The fraction of sp³-hybridized carbons (Fsp3) is 0.235. The van der Waals surface area contributed by atoms with Gasteiger partial charge >= 0.3 is 5.97 Å². The standard InChI is InChI=1S/C17H16BrNO5S/c18-13-9-14-16(10-15(13)24-11-17(20)21)25(22,23)8-4-7-19(14)12-5-2-1-3-6-12/h1-3,5-6,9-10H,4,7-8,11H2,(H,20,21). The molecule has 3 rings (SSSR count). The molecular formula is C17H16BrNO5S. The number of rotatable bonds is 4. The lowest BCUT2D eigenvalue weighted by molar-refractivity contribution is -0.139. The molecule has 0 atom stereocenters. The Labute approximate surface area is 154 Å². The average molecular weight is 426 g/mol. The average Bonchev–Trinajstić information content (AvgIpc) is 2.69. The van der Waals surface area contributed by atoms with E-state index in [1.54, 1.807) is 6.07 Å². The van der Waals surface area contributed by atoms with Gasteiger partial charge in [-0.05, 0) is 40.5 Å². The number of carbonyl (C=O) groups is 1. The second-order valence-electron chi connectivity index (χ2n) is 5.59. The lowest BCUT2D eigenvalue weighted by Crippen LogP contribution is -2.18. The number of ether oxygens (including phenoxy) is 1. The molecule has 0 bridgehead atoms. The highest BCUT2D eigenvalue weighted by Crippen LogP contribution is 2.41. The summed E-state index contributed by atoms with van der Waals surface area (Å²) < 4.78 is 31.0. The van der Waals surface area contributed by atoms with Crippen LogP contribution in [0.25, 0.3) is 0 Å². The minimum absolute atomic E-state index is 0.0311. The maximum absolute atomic E-state index is 12.7. The van der Waals surface area contributed by atoms with Crippen LogP contribution in [0.2, 0.25) is 0 Å². The van der Waals surface area contributed by atoms with Crippen LogP contribution < -0.4 is 9.64 Å². The van der Waals surface area contributed by atoms with Gasteiger partial charge in [-0.25, -0.2) is 13.2 Å². The number of para-hydroxylation sites is 1. The first kappa shape index (κ1) is 17.8. The SMILES string of the molecule is O=C(O)COc1cc2c(cc1Br)N(c1ccccc1)CCCS2(=O)=O. The largest absolute Gasteiger partial charge is 0.481 e. The van der Waals surface area contributed by atoms with Crippen molar-refractivity contribution in [2.75, 3.05) is 23.8 Å². The Hall–Kier alpha value is -2.06. The summed E-state index contributed by atoms with van der Waals surface area (Å²) in [6, 6.07) is 12.6. The second kappa shape index (κ2) is 7.05. The highest BCUT2D eigenvalue weighted by Gasteiger charge is 2.28. The smallest absolute Gasteiger partial charge is 0.341 e. The molecule has 0 aliphatic carbocycles. The van der Waals surface area contributed by atoms with Crippen LogP contribution in [-0.4, -0.2) is 38.4 Å². The van der Waals surface area contributed by atoms with Gasteiger partial charge in [0.05, 0.1) is 20.8 Å². The van der Waals surface area contributed by atoms with E-state index in [1.807, 2.05) is 35.2 Å². The topological polar surface area (TPSA) is 83.9 Å². The molecule has 8 heteroatoms. The van der Waals surface area contributed by atoms with E-state index in [9.17, 15) is 13.2 Å². The summed E-state index contributed by atoms with van der Waals surface area (Å²) in [6.45, 7) is 0.0256. The van der Waals surface area contributed by atoms with E-state index < -0.39 is 22.4 Å². The number of carboxylic acids is 1. The molecule has 0 aromatic heterocycles. The van der Waals surface area contributed by atoms with Crippen LogP contribution in [0, 0.1) is 0 Å². The summed E-state index contributed by atoms with van der Waals surface area (Å²) in [5, 5.41) is 8.78. The van der Waals surface area contributed by atoms with Crippen molar-refractivity contribution >= 4 is 43.1 Å². The molecule has 0 fully saturated rings. The van der Waals surface area contributed by atoms with Gasteiger partial charge in [0.2, 0.25) is 0 Å². The van der Waals surface area contributed by atoms with Crippen molar-refractivity contribution in [2.24, 2.45) is 0 Å². The fourth-order valence-electron chi connectivity index (χ4n) is 2.75. The van der Waals surface area contributed by atoms with Gasteiger partial charge < -0.3 is 14.7 Å². The van der Waals surface area contributed by atoms with E-state index in [2.05, 4.69) is 15.9 Å². The van der Waals surface area contributed by atoms with Crippen molar-refractivity contribution < 1.29 is 23.1 Å². The quantitative estimate of drug-likeness (QED) is 0.809. The van der Waals surface area contributed by atoms with Gasteiger partial charge in [-0.15, -0.1) is 0 Å². The molecular weight excluding hydrogens is 410 g/mol. The first-order valence-electron chi connectivity index (χ1n) is 7.62. The second-order valence-corrected chi connectivity index (χ2v) is 8.52.